The van der Waals surface area contributed by atoms with E-state index in [2.05, 4.69) is 5.32 Å². The number of carbonyl (C=O) groups excluding carboxylic acids is 2. The fourth-order valence-corrected chi connectivity index (χ4v) is 5.25. The molecule has 9 nitrogen and oxygen atoms in total. The van der Waals surface area contributed by atoms with Gasteiger partial charge in [-0.1, -0.05) is 43.2 Å². The Labute approximate surface area is 206 Å². The molecule has 1 fully saturated rings. The van der Waals surface area contributed by atoms with Crippen LogP contribution in [-0.2, 0) is 26.2 Å². The highest BCUT2D eigenvalue weighted by Crippen LogP contribution is 2.36. The highest BCUT2D eigenvalue weighted by Gasteiger charge is 2.32. The summed E-state index contributed by atoms with van der Waals surface area (Å²) in [4.78, 5) is 28.1. The van der Waals surface area contributed by atoms with Crippen molar-refractivity contribution in [3.8, 4) is 11.5 Å². The van der Waals surface area contributed by atoms with Crippen molar-refractivity contribution in [1.29, 1.82) is 0 Å². The van der Waals surface area contributed by atoms with Crippen molar-refractivity contribution >= 4 is 27.5 Å². The lowest BCUT2D eigenvalue weighted by Crippen LogP contribution is -2.52. The number of fused-ring (bicyclic) bond motifs is 1. The number of rotatable bonds is 9. The number of anilines is 1. The summed E-state index contributed by atoms with van der Waals surface area (Å²) in [5.41, 5.74) is 1.13. The number of sulfonamides is 1. The molecule has 2 aliphatic rings. The molecule has 2 aromatic carbocycles. The van der Waals surface area contributed by atoms with Crippen LogP contribution in [0.15, 0.2) is 48.5 Å². The molecule has 1 atom stereocenters. The lowest BCUT2D eigenvalue weighted by molar-refractivity contribution is -0.139. The average molecular weight is 502 g/mol. The van der Waals surface area contributed by atoms with E-state index in [1.165, 1.54) is 11.0 Å². The van der Waals surface area contributed by atoms with E-state index in [1.54, 1.807) is 19.1 Å². The van der Waals surface area contributed by atoms with E-state index < -0.39 is 28.5 Å². The molecule has 10 heteroatoms. The topological polar surface area (TPSA) is 105 Å². The highest BCUT2D eigenvalue weighted by molar-refractivity contribution is 7.92. The summed E-state index contributed by atoms with van der Waals surface area (Å²) >= 11 is 0. The van der Waals surface area contributed by atoms with Crippen molar-refractivity contribution < 1.29 is 27.5 Å². The van der Waals surface area contributed by atoms with E-state index in [0.717, 1.165) is 41.8 Å². The molecular weight excluding hydrogens is 470 g/mol. The Morgan fingerprint density at radius 1 is 1.06 bits per heavy atom. The van der Waals surface area contributed by atoms with Crippen molar-refractivity contribution in [2.24, 2.45) is 0 Å². The Hall–Kier alpha value is -3.27. The van der Waals surface area contributed by atoms with Crippen LogP contribution in [0.3, 0.4) is 0 Å². The smallest absolute Gasteiger partial charge is 0.244 e. The van der Waals surface area contributed by atoms with Crippen LogP contribution in [0.4, 0.5) is 5.69 Å². The summed E-state index contributed by atoms with van der Waals surface area (Å²) in [6.45, 7) is 1.45. The first-order chi connectivity index (χ1) is 16.7. The molecule has 1 saturated carbocycles. The Morgan fingerprint density at radius 2 is 1.74 bits per heavy atom. The zero-order valence-electron chi connectivity index (χ0n) is 20.0. The van der Waals surface area contributed by atoms with Crippen LogP contribution in [0.2, 0.25) is 0 Å². The van der Waals surface area contributed by atoms with E-state index in [1.807, 2.05) is 30.3 Å². The maximum atomic E-state index is 13.6. The Kier molecular flexibility index (Phi) is 7.49. The van der Waals surface area contributed by atoms with Crippen LogP contribution >= 0.6 is 0 Å². The van der Waals surface area contributed by atoms with Gasteiger partial charge in [0.25, 0.3) is 0 Å². The van der Waals surface area contributed by atoms with Gasteiger partial charge in [-0.3, -0.25) is 13.9 Å². The predicted molar refractivity (Wildman–Crippen MR) is 132 cm³/mol. The lowest BCUT2D eigenvalue weighted by Gasteiger charge is -2.32. The molecule has 2 aromatic rings. The van der Waals surface area contributed by atoms with E-state index >= 15 is 0 Å². The molecule has 1 aliphatic carbocycles. The Morgan fingerprint density at radius 3 is 2.43 bits per heavy atom. The second-order valence-electron chi connectivity index (χ2n) is 8.98. The zero-order chi connectivity index (χ0) is 25.0. The fourth-order valence-electron chi connectivity index (χ4n) is 4.41. The van der Waals surface area contributed by atoms with E-state index in [-0.39, 0.29) is 31.0 Å². The van der Waals surface area contributed by atoms with Crippen molar-refractivity contribution in [3.05, 3.63) is 54.1 Å². The van der Waals surface area contributed by atoms with Gasteiger partial charge in [0.1, 0.15) is 12.6 Å². The molecule has 0 bridgehead atoms. The summed E-state index contributed by atoms with van der Waals surface area (Å²) in [6.07, 6.45) is 5.05. The number of benzene rings is 2. The third kappa shape index (κ3) is 6.05. The molecular formula is C25H31N3O6S. The van der Waals surface area contributed by atoms with Crippen LogP contribution in [-0.4, -0.2) is 56.8 Å². The van der Waals surface area contributed by atoms with Crippen molar-refractivity contribution in [3.63, 3.8) is 0 Å². The quantitative estimate of drug-likeness (QED) is 0.566. The van der Waals surface area contributed by atoms with Crippen molar-refractivity contribution in [2.45, 2.75) is 51.2 Å². The highest BCUT2D eigenvalue weighted by atomic mass is 32.2. The SMILES string of the molecule is CC(C(=O)NC1CCCC1)N(Cc1ccccc1)C(=O)CN(c1ccc2c(c1)OCO2)S(C)(=O)=O. The maximum absolute atomic E-state index is 13.6. The molecule has 35 heavy (non-hydrogen) atoms. The van der Waals surface area contributed by atoms with E-state index in [9.17, 15) is 18.0 Å². The van der Waals surface area contributed by atoms with Crippen LogP contribution < -0.4 is 19.1 Å². The number of carbonyl (C=O) groups is 2. The van der Waals surface area contributed by atoms with Gasteiger partial charge in [-0.05, 0) is 37.5 Å². The monoisotopic (exact) mass is 501 g/mol. The molecule has 0 radical (unpaired) electrons. The number of ether oxygens (including phenoxy) is 2. The minimum atomic E-state index is -3.81. The van der Waals surface area contributed by atoms with Crippen LogP contribution in [0.25, 0.3) is 0 Å². The van der Waals surface area contributed by atoms with Crippen molar-refractivity contribution in [2.75, 3.05) is 23.9 Å². The molecule has 1 aliphatic heterocycles. The van der Waals surface area contributed by atoms with Gasteiger partial charge in [0, 0.05) is 18.7 Å². The molecule has 1 unspecified atom stereocenters. The number of nitrogens with one attached hydrogen (secondary N) is 1. The first-order valence-corrected chi connectivity index (χ1v) is 13.6. The van der Waals surface area contributed by atoms with E-state index in [0.29, 0.717) is 11.5 Å². The number of amides is 2. The lowest BCUT2D eigenvalue weighted by atomic mass is 10.1. The van der Waals surface area contributed by atoms with Gasteiger partial charge in [-0.25, -0.2) is 8.42 Å². The van der Waals surface area contributed by atoms with Gasteiger partial charge in [0.05, 0.1) is 11.9 Å². The van der Waals surface area contributed by atoms with Crippen molar-refractivity contribution in [1.82, 2.24) is 10.2 Å². The molecule has 188 valence electrons. The van der Waals surface area contributed by atoms with Gasteiger partial charge < -0.3 is 19.7 Å². The standard InChI is InChI=1S/C25H31N3O6S/c1-18(25(30)26-20-10-6-7-11-20)27(15-19-8-4-3-5-9-19)24(29)16-28(35(2,31)32)21-12-13-22-23(14-21)34-17-33-22/h3-5,8-9,12-14,18,20H,6-7,10-11,15-17H2,1-2H3,(H,26,30). The summed E-state index contributed by atoms with van der Waals surface area (Å²) in [5.74, 6) is 0.201. The summed E-state index contributed by atoms with van der Waals surface area (Å²) in [5, 5.41) is 3.05. The predicted octanol–water partition coefficient (Wildman–Crippen LogP) is 2.66. The number of hydrogen-bond donors (Lipinski definition) is 1. The molecule has 0 spiro atoms. The molecule has 2 amide bonds. The molecule has 1 heterocycles. The molecule has 4 rings (SSSR count). The second kappa shape index (κ2) is 10.6. The van der Waals surface area contributed by atoms with E-state index in [4.69, 9.17) is 9.47 Å². The maximum Gasteiger partial charge on any atom is 0.244 e. The van der Waals surface area contributed by atoms with Crippen LogP contribution in [0.5, 0.6) is 11.5 Å². The van der Waals surface area contributed by atoms with Crippen LogP contribution in [0, 0.1) is 0 Å². The Balaban J connectivity index is 1.58. The summed E-state index contributed by atoms with van der Waals surface area (Å²) < 4.78 is 37.1. The summed E-state index contributed by atoms with van der Waals surface area (Å²) in [7, 11) is -3.81. The first-order valence-electron chi connectivity index (χ1n) is 11.7. The minimum absolute atomic E-state index is 0.0507. The Bertz CT molecular complexity index is 1160. The second-order valence-corrected chi connectivity index (χ2v) is 10.9. The van der Waals surface area contributed by atoms with Gasteiger partial charge in [-0.2, -0.15) is 0 Å². The largest absolute Gasteiger partial charge is 0.454 e. The van der Waals surface area contributed by atoms with Crippen LogP contribution in [0.1, 0.15) is 38.2 Å². The molecule has 1 N–H and O–H groups in total. The molecule has 0 saturated heterocycles. The van der Waals surface area contributed by atoms with Gasteiger partial charge in [-0.15, -0.1) is 0 Å². The van der Waals surface area contributed by atoms with Gasteiger partial charge >= 0.3 is 0 Å². The zero-order valence-corrected chi connectivity index (χ0v) is 20.8. The van der Waals surface area contributed by atoms with Gasteiger partial charge in [0.2, 0.25) is 28.6 Å². The fraction of sp³-hybridized carbons (Fsp3) is 0.440. The average Bonchev–Trinajstić information content (AvgIpc) is 3.51. The minimum Gasteiger partial charge on any atom is -0.454 e. The first kappa shape index (κ1) is 24.8. The third-order valence-electron chi connectivity index (χ3n) is 6.39. The summed E-state index contributed by atoms with van der Waals surface area (Å²) in [6, 6.07) is 13.4. The number of nitrogens with zero attached hydrogens (tertiary/aromatic N) is 2. The third-order valence-corrected chi connectivity index (χ3v) is 7.53. The number of hydrogen-bond acceptors (Lipinski definition) is 6. The molecule has 0 aromatic heterocycles. The van der Waals surface area contributed by atoms with Gasteiger partial charge in [0.15, 0.2) is 11.5 Å². The normalized spacial score (nSPS) is 16.1.